The molecule has 0 radical (unpaired) electrons. The van der Waals surface area contributed by atoms with Gasteiger partial charge in [-0.3, -0.25) is 14.4 Å². The van der Waals surface area contributed by atoms with Crippen molar-refractivity contribution in [1.29, 1.82) is 0 Å². The molecule has 6 nitrogen and oxygen atoms in total. The highest BCUT2D eigenvalue weighted by Gasteiger charge is 2.29. The van der Waals surface area contributed by atoms with Crippen molar-refractivity contribution in [2.24, 2.45) is 5.92 Å². The summed E-state index contributed by atoms with van der Waals surface area (Å²) in [5.41, 5.74) is 1.89. The first kappa shape index (κ1) is 20.6. The summed E-state index contributed by atoms with van der Waals surface area (Å²) in [7, 11) is 0. The number of aromatic nitrogens is 3. The number of fused-ring (bicyclic) bond motifs is 2. The van der Waals surface area contributed by atoms with Crippen molar-refractivity contribution in [2.75, 3.05) is 18.1 Å². The maximum absolute atomic E-state index is 13.7. The van der Waals surface area contributed by atoms with Crippen LogP contribution in [-0.4, -0.2) is 39.9 Å². The van der Waals surface area contributed by atoms with Gasteiger partial charge in [-0.05, 0) is 43.9 Å². The zero-order valence-electron chi connectivity index (χ0n) is 18.0. The molecule has 1 aromatic carbocycles. The molecule has 0 saturated carbocycles. The Balaban J connectivity index is 1.53. The summed E-state index contributed by atoms with van der Waals surface area (Å²) in [6.45, 7) is 8.51. The van der Waals surface area contributed by atoms with Gasteiger partial charge in [0.25, 0.3) is 5.91 Å². The second-order valence-electron chi connectivity index (χ2n) is 8.51. The molecule has 1 unspecified atom stereocenters. The minimum Gasteiger partial charge on any atom is -0.376 e. The summed E-state index contributed by atoms with van der Waals surface area (Å²) in [6, 6.07) is 10.0. The molecule has 5 rings (SSSR count). The summed E-state index contributed by atoms with van der Waals surface area (Å²) in [6.07, 6.45) is 2.08. The zero-order valence-corrected chi connectivity index (χ0v) is 19.6. The van der Waals surface area contributed by atoms with Gasteiger partial charge in [-0.15, -0.1) is 11.3 Å². The fourth-order valence-electron chi connectivity index (χ4n) is 4.04. The van der Waals surface area contributed by atoms with E-state index in [1.165, 1.54) is 11.3 Å². The molecular formula is C23H26N4O2S2. The number of hydrogen-bond donors (Lipinski definition) is 0. The summed E-state index contributed by atoms with van der Waals surface area (Å²) in [4.78, 5) is 22.1. The highest BCUT2D eigenvalue weighted by atomic mass is 32.1. The van der Waals surface area contributed by atoms with Crippen LogP contribution >= 0.6 is 22.7 Å². The molecule has 0 spiro atoms. The molecule has 0 aliphatic carbocycles. The zero-order chi connectivity index (χ0) is 21.5. The minimum atomic E-state index is -0.00810. The second kappa shape index (κ2) is 8.33. The smallest absolute Gasteiger partial charge is 0.270 e. The number of para-hydroxylation sites is 1. The molecular weight excluding hydrogens is 428 g/mol. The molecule has 8 heteroatoms. The van der Waals surface area contributed by atoms with Crippen molar-refractivity contribution in [1.82, 2.24) is 14.8 Å². The predicted molar refractivity (Wildman–Crippen MR) is 127 cm³/mol. The van der Waals surface area contributed by atoms with E-state index in [4.69, 9.17) is 9.72 Å². The maximum atomic E-state index is 13.7. The average Bonchev–Trinajstić information content (AvgIpc) is 3.52. The van der Waals surface area contributed by atoms with Crippen molar-refractivity contribution in [2.45, 2.75) is 46.3 Å². The Morgan fingerprint density at radius 1 is 1.32 bits per heavy atom. The van der Waals surface area contributed by atoms with Gasteiger partial charge in [-0.2, -0.15) is 5.10 Å². The minimum absolute atomic E-state index is 0.00810. The van der Waals surface area contributed by atoms with Crippen molar-refractivity contribution in [3.63, 3.8) is 0 Å². The lowest BCUT2D eigenvalue weighted by Gasteiger charge is -2.22. The number of hydrogen-bond acceptors (Lipinski definition) is 6. The molecule has 1 aliphatic heterocycles. The molecule has 1 saturated heterocycles. The summed E-state index contributed by atoms with van der Waals surface area (Å²) >= 11 is 3.09. The lowest BCUT2D eigenvalue weighted by molar-refractivity contribution is 0.0921. The van der Waals surface area contributed by atoms with Gasteiger partial charge in [-0.1, -0.05) is 37.3 Å². The summed E-state index contributed by atoms with van der Waals surface area (Å²) in [5.74, 6) is 0.480. The number of benzene rings is 1. The van der Waals surface area contributed by atoms with Crippen LogP contribution in [0.1, 0.15) is 42.1 Å². The van der Waals surface area contributed by atoms with E-state index in [1.54, 1.807) is 11.3 Å². The molecule has 3 aromatic heterocycles. The van der Waals surface area contributed by atoms with E-state index in [0.717, 1.165) is 62.1 Å². The van der Waals surface area contributed by atoms with E-state index in [9.17, 15) is 4.79 Å². The van der Waals surface area contributed by atoms with E-state index >= 15 is 0 Å². The number of carbonyl (C=O) groups is 1. The number of thiophene rings is 1. The SMILES string of the molecule is Cc1nn(CC(C)C)c2sc(C(=O)N(CC3CCCO3)c3nc4ccccc4s3)cc12. The van der Waals surface area contributed by atoms with Crippen LogP contribution in [0, 0.1) is 12.8 Å². The fraction of sp³-hybridized carbons (Fsp3) is 0.435. The van der Waals surface area contributed by atoms with E-state index in [2.05, 4.69) is 25.0 Å². The number of ether oxygens (including phenoxy) is 1. The maximum Gasteiger partial charge on any atom is 0.270 e. The third-order valence-corrected chi connectivity index (χ3v) is 7.72. The summed E-state index contributed by atoms with van der Waals surface area (Å²) in [5, 5.41) is 6.48. The van der Waals surface area contributed by atoms with E-state index < -0.39 is 0 Å². The van der Waals surface area contributed by atoms with Crippen LogP contribution in [0.5, 0.6) is 0 Å². The van der Waals surface area contributed by atoms with Gasteiger partial charge in [0.2, 0.25) is 0 Å². The van der Waals surface area contributed by atoms with Crippen molar-refractivity contribution < 1.29 is 9.53 Å². The number of nitrogens with zero attached hydrogens (tertiary/aromatic N) is 4. The second-order valence-corrected chi connectivity index (χ2v) is 10.5. The van der Waals surface area contributed by atoms with Crippen molar-refractivity contribution in [3.05, 3.63) is 40.9 Å². The van der Waals surface area contributed by atoms with Gasteiger partial charge >= 0.3 is 0 Å². The third-order valence-electron chi connectivity index (χ3n) is 5.53. The molecule has 4 aromatic rings. The summed E-state index contributed by atoms with van der Waals surface area (Å²) < 4.78 is 8.99. The average molecular weight is 455 g/mol. The molecule has 4 heterocycles. The number of rotatable bonds is 6. The third kappa shape index (κ3) is 4.00. The first-order valence-corrected chi connectivity index (χ1v) is 12.4. The Morgan fingerprint density at radius 2 is 2.16 bits per heavy atom. The van der Waals surface area contributed by atoms with Gasteiger partial charge in [0.15, 0.2) is 5.13 Å². The Kier molecular flexibility index (Phi) is 5.54. The number of anilines is 1. The largest absolute Gasteiger partial charge is 0.376 e. The van der Waals surface area contributed by atoms with E-state index in [0.29, 0.717) is 12.5 Å². The first-order chi connectivity index (χ1) is 15.0. The molecule has 0 bridgehead atoms. The lowest BCUT2D eigenvalue weighted by Crippen LogP contribution is -2.37. The Morgan fingerprint density at radius 3 is 2.90 bits per heavy atom. The molecule has 1 fully saturated rings. The molecule has 0 N–H and O–H groups in total. The molecule has 1 atom stereocenters. The number of carbonyl (C=O) groups excluding carboxylic acids is 1. The fourth-order valence-corrected chi connectivity index (χ4v) is 6.13. The van der Waals surface area contributed by atoms with Crippen LogP contribution in [0.4, 0.5) is 5.13 Å². The molecule has 162 valence electrons. The standard InChI is InChI=1S/C23H26N4O2S2/c1-14(2)12-27-22-17(15(3)25-27)11-20(30-22)21(28)26(13-16-7-6-10-29-16)23-24-18-8-4-5-9-19(18)31-23/h4-5,8-9,11,14,16H,6-7,10,12-13H2,1-3H3. The van der Waals surface area contributed by atoms with E-state index in [-0.39, 0.29) is 12.0 Å². The quantitative estimate of drug-likeness (QED) is 0.386. The van der Waals surface area contributed by atoms with Crippen LogP contribution in [0.15, 0.2) is 30.3 Å². The van der Waals surface area contributed by atoms with Gasteiger partial charge in [-0.25, -0.2) is 4.98 Å². The topological polar surface area (TPSA) is 60.2 Å². The monoisotopic (exact) mass is 454 g/mol. The normalized spacial score (nSPS) is 16.7. The lowest BCUT2D eigenvalue weighted by atomic mass is 10.2. The van der Waals surface area contributed by atoms with Gasteiger partial charge < -0.3 is 4.74 Å². The molecule has 1 aliphatic rings. The molecule has 31 heavy (non-hydrogen) atoms. The van der Waals surface area contributed by atoms with Gasteiger partial charge in [0.05, 0.1) is 33.4 Å². The number of aryl methyl sites for hydroxylation is 1. The van der Waals surface area contributed by atoms with Crippen LogP contribution in [0.25, 0.3) is 20.4 Å². The highest BCUT2D eigenvalue weighted by molar-refractivity contribution is 7.23. The van der Waals surface area contributed by atoms with Crippen LogP contribution in [-0.2, 0) is 11.3 Å². The predicted octanol–water partition coefficient (Wildman–Crippen LogP) is 5.50. The van der Waals surface area contributed by atoms with Crippen LogP contribution in [0.2, 0.25) is 0 Å². The Labute approximate surface area is 189 Å². The van der Waals surface area contributed by atoms with Gasteiger partial charge in [0, 0.05) is 18.5 Å². The van der Waals surface area contributed by atoms with Crippen LogP contribution in [0.3, 0.4) is 0 Å². The first-order valence-electron chi connectivity index (χ1n) is 10.8. The highest BCUT2D eigenvalue weighted by Crippen LogP contribution is 2.34. The van der Waals surface area contributed by atoms with Crippen LogP contribution < -0.4 is 4.90 Å². The molecule has 1 amide bonds. The number of amides is 1. The Hall–Kier alpha value is -2.29. The Bertz CT molecular complexity index is 1200. The van der Waals surface area contributed by atoms with E-state index in [1.807, 2.05) is 40.8 Å². The van der Waals surface area contributed by atoms with Crippen molar-refractivity contribution >= 4 is 54.1 Å². The van der Waals surface area contributed by atoms with Crippen molar-refractivity contribution in [3.8, 4) is 0 Å². The van der Waals surface area contributed by atoms with Gasteiger partial charge in [0.1, 0.15) is 4.83 Å². The number of thiazole rings is 1.